The molecule has 19 heavy (non-hydrogen) atoms. The van der Waals surface area contributed by atoms with Crippen molar-refractivity contribution < 1.29 is 4.74 Å². The van der Waals surface area contributed by atoms with E-state index in [0.29, 0.717) is 18.1 Å². The Hall–Kier alpha value is -0.630. The molecule has 1 N–H and O–H groups in total. The van der Waals surface area contributed by atoms with Crippen LogP contribution in [0.1, 0.15) is 48.0 Å². The van der Waals surface area contributed by atoms with Gasteiger partial charge in [0.2, 0.25) is 0 Å². The fraction of sp³-hybridized carbons (Fsp3) is 0.933. The van der Waals surface area contributed by atoms with Crippen LogP contribution in [0.15, 0.2) is 0 Å². The Bertz CT molecular complexity index is 286. The molecule has 2 unspecified atom stereocenters. The summed E-state index contributed by atoms with van der Waals surface area (Å²) in [6.07, 6.45) is 0.809. The molecule has 0 aliphatic heterocycles. The highest BCUT2D eigenvalue weighted by Crippen LogP contribution is 2.18. The highest BCUT2D eigenvalue weighted by atomic mass is 16.5. The number of rotatable bonds is 9. The maximum atomic E-state index is 9.42. The van der Waals surface area contributed by atoms with E-state index in [9.17, 15) is 5.26 Å². The predicted octanol–water partition coefficient (Wildman–Crippen LogP) is 2.40. The predicted molar refractivity (Wildman–Crippen MR) is 80.1 cm³/mol. The Morgan fingerprint density at radius 3 is 2.21 bits per heavy atom. The van der Waals surface area contributed by atoms with E-state index in [1.807, 2.05) is 6.92 Å². The molecule has 0 bridgehead atoms. The average molecular weight is 269 g/mol. The standard InChI is InChI=1S/C15H31N3O/c1-12(2)17-15(6,11-16)10-14(5)18(13(3)4)8-9-19-7/h12-14,17H,8-10H2,1-7H3. The van der Waals surface area contributed by atoms with Gasteiger partial charge in [-0.25, -0.2) is 0 Å². The second-order valence-electron chi connectivity index (χ2n) is 6.12. The van der Waals surface area contributed by atoms with Crippen molar-refractivity contribution in [3.8, 4) is 6.07 Å². The van der Waals surface area contributed by atoms with E-state index in [2.05, 4.69) is 50.9 Å². The van der Waals surface area contributed by atoms with Gasteiger partial charge in [0.25, 0.3) is 0 Å². The van der Waals surface area contributed by atoms with Crippen molar-refractivity contribution in [3.05, 3.63) is 0 Å². The molecule has 4 heteroatoms. The summed E-state index contributed by atoms with van der Waals surface area (Å²) in [6.45, 7) is 14.3. The molecular weight excluding hydrogens is 238 g/mol. The van der Waals surface area contributed by atoms with Crippen molar-refractivity contribution in [3.63, 3.8) is 0 Å². The van der Waals surface area contributed by atoms with E-state index in [4.69, 9.17) is 4.74 Å². The zero-order valence-electron chi connectivity index (χ0n) is 13.7. The van der Waals surface area contributed by atoms with Gasteiger partial charge in [-0.3, -0.25) is 10.2 Å². The van der Waals surface area contributed by atoms with Crippen molar-refractivity contribution in [2.75, 3.05) is 20.3 Å². The number of nitriles is 1. The third-order valence-corrected chi connectivity index (χ3v) is 3.34. The first-order valence-electron chi connectivity index (χ1n) is 7.19. The lowest BCUT2D eigenvalue weighted by molar-refractivity contribution is 0.0894. The Morgan fingerprint density at radius 1 is 1.26 bits per heavy atom. The highest BCUT2D eigenvalue weighted by molar-refractivity contribution is 5.06. The van der Waals surface area contributed by atoms with Gasteiger partial charge in [-0.2, -0.15) is 5.26 Å². The molecule has 0 aromatic heterocycles. The fourth-order valence-corrected chi connectivity index (χ4v) is 2.67. The number of ether oxygens (including phenoxy) is 1. The van der Waals surface area contributed by atoms with Crippen molar-refractivity contribution in [1.82, 2.24) is 10.2 Å². The normalized spacial score (nSPS) is 16.7. The fourth-order valence-electron chi connectivity index (χ4n) is 2.67. The smallest absolute Gasteiger partial charge is 0.105 e. The number of nitrogens with one attached hydrogen (secondary N) is 1. The largest absolute Gasteiger partial charge is 0.383 e. The van der Waals surface area contributed by atoms with Crippen molar-refractivity contribution in [2.45, 2.75) is 71.6 Å². The van der Waals surface area contributed by atoms with E-state index < -0.39 is 5.54 Å². The molecular formula is C15H31N3O. The summed E-state index contributed by atoms with van der Waals surface area (Å²) in [7, 11) is 1.73. The Kier molecular flexibility index (Phi) is 8.24. The van der Waals surface area contributed by atoms with Crippen LogP contribution in [-0.2, 0) is 4.74 Å². The molecule has 0 radical (unpaired) electrons. The van der Waals surface area contributed by atoms with Crippen LogP contribution in [0.2, 0.25) is 0 Å². The Balaban J connectivity index is 4.68. The van der Waals surface area contributed by atoms with Crippen LogP contribution < -0.4 is 5.32 Å². The summed E-state index contributed by atoms with van der Waals surface area (Å²) in [5, 5.41) is 12.8. The summed E-state index contributed by atoms with van der Waals surface area (Å²) in [5.41, 5.74) is -0.478. The second-order valence-corrected chi connectivity index (χ2v) is 6.12. The van der Waals surface area contributed by atoms with Gasteiger partial charge in [0.15, 0.2) is 0 Å². The zero-order valence-corrected chi connectivity index (χ0v) is 13.7. The summed E-state index contributed by atoms with van der Waals surface area (Å²) < 4.78 is 5.17. The van der Waals surface area contributed by atoms with Gasteiger partial charge in [-0.15, -0.1) is 0 Å². The molecule has 0 aromatic rings. The van der Waals surface area contributed by atoms with Gasteiger partial charge in [-0.05, 0) is 48.0 Å². The molecule has 2 atom stereocenters. The van der Waals surface area contributed by atoms with Gasteiger partial charge >= 0.3 is 0 Å². The van der Waals surface area contributed by atoms with Gasteiger partial charge < -0.3 is 4.74 Å². The third-order valence-electron chi connectivity index (χ3n) is 3.34. The summed E-state index contributed by atoms with van der Waals surface area (Å²) in [5.74, 6) is 0. The number of hydrogen-bond donors (Lipinski definition) is 1. The first-order valence-corrected chi connectivity index (χ1v) is 7.19. The summed E-state index contributed by atoms with van der Waals surface area (Å²) in [6, 6.07) is 3.52. The van der Waals surface area contributed by atoms with Crippen LogP contribution in [-0.4, -0.2) is 48.8 Å². The minimum Gasteiger partial charge on any atom is -0.383 e. The first-order chi connectivity index (χ1) is 8.75. The van der Waals surface area contributed by atoms with E-state index in [-0.39, 0.29) is 0 Å². The summed E-state index contributed by atoms with van der Waals surface area (Å²) >= 11 is 0. The molecule has 0 spiro atoms. The lowest BCUT2D eigenvalue weighted by atomic mass is 9.93. The topological polar surface area (TPSA) is 48.3 Å². The van der Waals surface area contributed by atoms with Gasteiger partial charge in [-0.1, -0.05) is 0 Å². The molecule has 0 aromatic carbocycles. The molecule has 0 amide bonds. The molecule has 0 saturated heterocycles. The lowest BCUT2D eigenvalue weighted by Gasteiger charge is -2.37. The van der Waals surface area contributed by atoms with Crippen molar-refractivity contribution >= 4 is 0 Å². The monoisotopic (exact) mass is 269 g/mol. The van der Waals surface area contributed by atoms with Crippen LogP contribution in [0, 0.1) is 11.3 Å². The van der Waals surface area contributed by atoms with E-state index in [0.717, 1.165) is 19.6 Å². The minimum atomic E-state index is -0.478. The summed E-state index contributed by atoms with van der Waals surface area (Å²) in [4.78, 5) is 2.39. The third kappa shape index (κ3) is 6.91. The highest BCUT2D eigenvalue weighted by Gasteiger charge is 2.30. The molecule has 0 fully saturated rings. The van der Waals surface area contributed by atoms with Crippen LogP contribution in [0.5, 0.6) is 0 Å². The van der Waals surface area contributed by atoms with E-state index in [1.165, 1.54) is 0 Å². The first kappa shape index (κ1) is 18.4. The molecule has 4 nitrogen and oxygen atoms in total. The number of hydrogen-bond acceptors (Lipinski definition) is 4. The van der Waals surface area contributed by atoms with E-state index >= 15 is 0 Å². The van der Waals surface area contributed by atoms with Gasteiger partial charge in [0.1, 0.15) is 5.54 Å². The Morgan fingerprint density at radius 2 is 1.84 bits per heavy atom. The van der Waals surface area contributed by atoms with E-state index in [1.54, 1.807) is 7.11 Å². The van der Waals surface area contributed by atoms with Crippen LogP contribution in [0.3, 0.4) is 0 Å². The molecule has 0 aliphatic rings. The second kappa shape index (κ2) is 8.52. The molecule has 112 valence electrons. The van der Waals surface area contributed by atoms with Gasteiger partial charge in [0, 0.05) is 31.8 Å². The quantitative estimate of drug-likeness (QED) is 0.698. The van der Waals surface area contributed by atoms with Gasteiger partial charge in [0.05, 0.1) is 12.7 Å². The van der Waals surface area contributed by atoms with Crippen LogP contribution >= 0.6 is 0 Å². The van der Waals surface area contributed by atoms with Crippen LogP contribution in [0.4, 0.5) is 0 Å². The Labute approximate surface area is 119 Å². The molecule has 0 rings (SSSR count). The molecule has 0 saturated carbocycles. The lowest BCUT2D eigenvalue weighted by Crippen LogP contribution is -2.51. The average Bonchev–Trinajstić information content (AvgIpc) is 2.27. The number of methoxy groups -OCH3 is 1. The van der Waals surface area contributed by atoms with Crippen molar-refractivity contribution in [1.29, 1.82) is 5.26 Å². The van der Waals surface area contributed by atoms with Crippen LogP contribution in [0.25, 0.3) is 0 Å². The maximum absolute atomic E-state index is 9.42. The van der Waals surface area contributed by atoms with Crippen molar-refractivity contribution in [2.24, 2.45) is 0 Å². The zero-order chi connectivity index (χ0) is 15.1. The molecule has 0 heterocycles. The SMILES string of the molecule is COCCN(C(C)C)C(C)CC(C)(C#N)NC(C)C. The minimum absolute atomic E-state index is 0.309. The number of nitrogens with zero attached hydrogens (tertiary/aromatic N) is 2. The maximum Gasteiger partial charge on any atom is 0.105 e. The molecule has 0 aliphatic carbocycles.